The molecule has 1 N–H and O–H groups in total. The molecule has 0 aliphatic carbocycles. The first kappa shape index (κ1) is 10.1. The van der Waals surface area contributed by atoms with Crippen LogP contribution in [0.5, 0.6) is 5.75 Å². The first-order valence-corrected chi connectivity index (χ1v) is 3.92. The first-order valence-electron chi connectivity index (χ1n) is 3.92. The molecule has 1 rings (SSSR count). The van der Waals surface area contributed by atoms with Gasteiger partial charge in [-0.25, -0.2) is 0 Å². The highest BCUT2D eigenvalue weighted by molar-refractivity contribution is 5.70. The molecule has 0 atom stereocenters. The van der Waals surface area contributed by atoms with E-state index < -0.39 is 5.97 Å². The lowest BCUT2D eigenvalue weighted by Gasteiger charge is -1.99. The van der Waals surface area contributed by atoms with Crippen LogP contribution in [-0.2, 0) is 4.79 Å². The number of hydrogen-bond donors (Lipinski definition) is 1. The van der Waals surface area contributed by atoms with E-state index in [1.807, 2.05) is 0 Å². The molecule has 4 nitrogen and oxygen atoms in total. The van der Waals surface area contributed by atoms with E-state index in [1.165, 1.54) is 13.3 Å². The molecule has 4 heteroatoms. The predicted octanol–water partition coefficient (Wildman–Crippen LogP) is 0.916. The molecule has 0 aliphatic rings. The van der Waals surface area contributed by atoms with Gasteiger partial charge in [-0.3, -0.25) is 9.78 Å². The van der Waals surface area contributed by atoms with Crippen LogP contribution >= 0.6 is 0 Å². The zero-order valence-electron chi connectivity index (χ0n) is 7.65. The van der Waals surface area contributed by atoms with Gasteiger partial charge in [0.25, 0.3) is 0 Å². The third kappa shape index (κ3) is 2.79. The van der Waals surface area contributed by atoms with Crippen LogP contribution in [0, 0.1) is 11.8 Å². The van der Waals surface area contributed by atoms with Gasteiger partial charge in [0.2, 0.25) is 0 Å². The van der Waals surface area contributed by atoms with Crippen LogP contribution in [0.25, 0.3) is 0 Å². The van der Waals surface area contributed by atoms with Crippen LogP contribution < -0.4 is 4.74 Å². The maximum absolute atomic E-state index is 10.2. The smallest absolute Gasteiger partial charge is 0.315 e. The Kier molecular flexibility index (Phi) is 3.50. The van der Waals surface area contributed by atoms with Gasteiger partial charge in [0.05, 0.1) is 12.7 Å². The number of methoxy groups -OCH3 is 1. The summed E-state index contributed by atoms with van der Waals surface area (Å²) in [7, 11) is 1.53. The molecule has 0 radical (unpaired) electrons. The van der Waals surface area contributed by atoms with Crippen molar-refractivity contribution >= 4 is 5.97 Å². The van der Waals surface area contributed by atoms with Crippen LogP contribution in [0.3, 0.4) is 0 Å². The summed E-state index contributed by atoms with van der Waals surface area (Å²) in [4.78, 5) is 14.1. The van der Waals surface area contributed by atoms with E-state index in [1.54, 1.807) is 12.3 Å². The second-order valence-corrected chi connectivity index (χ2v) is 2.45. The number of carboxylic acid groups (broad SMARTS) is 1. The maximum Gasteiger partial charge on any atom is 0.315 e. The highest BCUT2D eigenvalue weighted by Crippen LogP contribution is 2.13. The van der Waals surface area contributed by atoms with Crippen molar-refractivity contribution in [3.63, 3.8) is 0 Å². The van der Waals surface area contributed by atoms with Crippen LogP contribution in [0.15, 0.2) is 18.5 Å². The molecule has 0 bridgehead atoms. The van der Waals surface area contributed by atoms with Crippen LogP contribution in [0.4, 0.5) is 0 Å². The Bertz CT molecular complexity index is 390. The number of aliphatic carboxylic acids is 1. The quantitative estimate of drug-likeness (QED) is 0.706. The topological polar surface area (TPSA) is 59.4 Å². The number of carboxylic acids is 1. The highest BCUT2D eigenvalue weighted by Gasteiger charge is 1.97. The van der Waals surface area contributed by atoms with E-state index in [9.17, 15) is 4.79 Å². The molecule has 1 heterocycles. The molecular weight excluding hydrogens is 182 g/mol. The van der Waals surface area contributed by atoms with Crippen LogP contribution in [-0.4, -0.2) is 23.2 Å². The standard InChI is InChI=1S/C10H9NO3/c1-14-9-5-6-11-7-8(9)3-2-4-10(12)13/h5-7H,4H2,1H3,(H,12,13). The van der Waals surface area contributed by atoms with Crippen molar-refractivity contribution in [3.05, 3.63) is 24.0 Å². The minimum absolute atomic E-state index is 0.182. The average Bonchev–Trinajstić information content (AvgIpc) is 2.18. The molecule has 0 spiro atoms. The summed E-state index contributed by atoms with van der Waals surface area (Å²) in [6.07, 6.45) is 2.94. The maximum atomic E-state index is 10.2. The predicted molar refractivity (Wildman–Crippen MR) is 49.9 cm³/mol. The molecule has 1 aromatic rings. The summed E-state index contributed by atoms with van der Waals surface area (Å²) in [6.45, 7) is 0. The molecule has 1 aromatic heterocycles. The number of ether oxygens (including phenoxy) is 1. The fraction of sp³-hybridized carbons (Fsp3) is 0.200. The zero-order valence-corrected chi connectivity index (χ0v) is 7.65. The van der Waals surface area contributed by atoms with Gasteiger partial charge in [0.15, 0.2) is 0 Å². The summed E-state index contributed by atoms with van der Waals surface area (Å²) >= 11 is 0. The Balaban J connectivity index is 2.83. The Labute approximate surface area is 81.5 Å². The number of nitrogens with zero attached hydrogens (tertiary/aromatic N) is 1. The van der Waals surface area contributed by atoms with Crippen molar-refractivity contribution in [3.8, 4) is 17.6 Å². The minimum atomic E-state index is -0.944. The normalized spacial score (nSPS) is 8.64. The van der Waals surface area contributed by atoms with E-state index in [-0.39, 0.29) is 6.42 Å². The highest BCUT2D eigenvalue weighted by atomic mass is 16.5. The zero-order chi connectivity index (χ0) is 10.4. The lowest BCUT2D eigenvalue weighted by Crippen LogP contribution is -1.91. The number of aromatic nitrogens is 1. The third-order valence-electron chi connectivity index (χ3n) is 1.46. The van der Waals surface area contributed by atoms with Crippen molar-refractivity contribution in [1.82, 2.24) is 4.98 Å². The molecule has 0 aliphatic heterocycles. The van der Waals surface area contributed by atoms with Gasteiger partial charge in [-0.2, -0.15) is 0 Å². The Morgan fingerprint density at radius 1 is 1.71 bits per heavy atom. The van der Waals surface area contributed by atoms with Crippen molar-refractivity contribution < 1.29 is 14.6 Å². The van der Waals surface area contributed by atoms with E-state index in [0.717, 1.165) is 0 Å². The summed E-state index contributed by atoms with van der Waals surface area (Å²) < 4.78 is 5.01. The molecule has 0 aromatic carbocycles. The lowest BCUT2D eigenvalue weighted by atomic mass is 10.2. The second kappa shape index (κ2) is 4.87. The summed E-state index contributed by atoms with van der Waals surface area (Å²) in [6, 6.07) is 1.67. The average molecular weight is 191 g/mol. The van der Waals surface area contributed by atoms with E-state index in [4.69, 9.17) is 9.84 Å². The van der Waals surface area contributed by atoms with Gasteiger partial charge in [-0.15, -0.1) is 0 Å². The van der Waals surface area contributed by atoms with Crippen molar-refractivity contribution in [1.29, 1.82) is 0 Å². The van der Waals surface area contributed by atoms with Crippen LogP contribution in [0.2, 0.25) is 0 Å². The monoisotopic (exact) mass is 191 g/mol. The Morgan fingerprint density at radius 2 is 2.50 bits per heavy atom. The Morgan fingerprint density at radius 3 is 3.14 bits per heavy atom. The molecule has 0 unspecified atom stereocenters. The van der Waals surface area contributed by atoms with E-state index >= 15 is 0 Å². The Hall–Kier alpha value is -2.02. The molecular formula is C10H9NO3. The molecule has 72 valence electrons. The second-order valence-electron chi connectivity index (χ2n) is 2.45. The molecule has 0 saturated carbocycles. The van der Waals surface area contributed by atoms with Crippen molar-refractivity contribution in [2.45, 2.75) is 6.42 Å². The molecule has 0 amide bonds. The third-order valence-corrected chi connectivity index (χ3v) is 1.46. The fourth-order valence-electron chi connectivity index (χ4n) is 0.869. The molecule has 14 heavy (non-hydrogen) atoms. The summed E-state index contributed by atoms with van der Waals surface area (Å²) in [5.41, 5.74) is 0.594. The number of carbonyl (C=O) groups is 1. The van der Waals surface area contributed by atoms with Gasteiger partial charge in [0, 0.05) is 12.4 Å². The van der Waals surface area contributed by atoms with Crippen molar-refractivity contribution in [2.75, 3.05) is 7.11 Å². The SMILES string of the molecule is COc1ccncc1C#CCC(=O)O. The summed E-state index contributed by atoms with van der Waals surface area (Å²) in [5.74, 6) is 4.83. The van der Waals surface area contributed by atoms with Crippen LogP contribution in [0.1, 0.15) is 12.0 Å². The number of rotatable bonds is 2. The largest absolute Gasteiger partial charge is 0.495 e. The van der Waals surface area contributed by atoms with Gasteiger partial charge < -0.3 is 9.84 Å². The summed E-state index contributed by atoms with van der Waals surface area (Å²) in [5, 5.41) is 8.37. The molecule has 0 fully saturated rings. The fourth-order valence-corrected chi connectivity index (χ4v) is 0.869. The van der Waals surface area contributed by atoms with Gasteiger partial charge in [0.1, 0.15) is 12.2 Å². The number of pyridine rings is 1. The van der Waals surface area contributed by atoms with E-state index in [0.29, 0.717) is 11.3 Å². The lowest BCUT2D eigenvalue weighted by molar-refractivity contribution is -0.135. The first-order chi connectivity index (χ1) is 6.74. The number of hydrogen-bond acceptors (Lipinski definition) is 3. The minimum Gasteiger partial charge on any atom is -0.495 e. The van der Waals surface area contributed by atoms with Gasteiger partial charge in [-0.1, -0.05) is 11.8 Å². The van der Waals surface area contributed by atoms with E-state index in [2.05, 4.69) is 16.8 Å². The van der Waals surface area contributed by atoms with Gasteiger partial charge in [-0.05, 0) is 6.07 Å². The molecule has 0 saturated heterocycles. The van der Waals surface area contributed by atoms with Crippen molar-refractivity contribution in [2.24, 2.45) is 0 Å². The van der Waals surface area contributed by atoms with Gasteiger partial charge >= 0.3 is 5.97 Å².